The lowest BCUT2D eigenvalue weighted by atomic mass is 9.96. The van der Waals surface area contributed by atoms with Crippen molar-refractivity contribution >= 4 is 38.7 Å². The van der Waals surface area contributed by atoms with Gasteiger partial charge in [0.25, 0.3) is 0 Å². The van der Waals surface area contributed by atoms with Gasteiger partial charge in [-0.15, -0.1) is 0 Å². The highest BCUT2D eigenvalue weighted by Crippen LogP contribution is 2.43. The second-order valence-corrected chi connectivity index (χ2v) is 11.3. The van der Waals surface area contributed by atoms with E-state index in [1.807, 2.05) is 42.6 Å². The van der Waals surface area contributed by atoms with E-state index in [1.165, 1.54) is 0 Å². The minimum Gasteiger partial charge on any atom is -0.351 e. The van der Waals surface area contributed by atoms with Crippen molar-refractivity contribution in [1.82, 2.24) is 19.9 Å². The number of benzene rings is 1. The third-order valence-corrected chi connectivity index (χ3v) is 7.46. The number of aromatic nitrogens is 3. The van der Waals surface area contributed by atoms with Crippen LogP contribution in [0.15, 0.2) is 79.3 Å². The van der Waals surface area contributed by atoms with Gasteiger partial charge in [-0.1, -0.05) is 12.1 Å². The van der Waals surface area contributed by atoms with Crippen LogP contribution in [-0.2, 0) is 16.6 Å². The average Bonchev–Trinajstić information content (AvgIpc) is 3.36. The van der Waals surface area contributed by atoms with Gasteiger partial charge in [-0.2, -0.15) is 0 Å². The monoisotopic (exact) mass is 532 g/mol. The number of sulfonamides is 1. The Kier molecular flexibility index (Phi) is 6.70. The molecule has 4 heterocycles. The van der Waals surface area contributed by atoms with Crippen LogP contribution in [0, 0.1) is 13.8 Å². The fourth-order valence-electron chi connectivity index (χ4n) is 4.90. The molecule has 0 radical (unpaired) electrons. The van der Waals surface area contributed by atoms with E-state index in [0.29, 0.717) is 10.8 Å². The first-order chi connectivity index (χ1) is 17.7. The van der Waals surface area contributed by atoms with Crippen molar-refractivity contribution in [2.24, 2.45) is 0 Å². The van der Waals surface area contributed by atoms with Gasteiger partial charge < -0.3 is 14.8 Å². The molecule has 1 aliphatic rings. The number of pyridine rings is 2. The van der Waals surface area contributed by atoms with Crippen LogP contribution in [0.2, 0.25) is 0 Å². The molecule has 4 aromatic rings. The van der Waals surface area contributed by atoms with Gasteiger partial charge in [-0.3, -0.25) is 14.7 Å². The summed E-state index contributed by atoms with van der Waals surface area (Å²) in [7, 11) is -3.37. The maximum absolute atomic E-state index is 11.7. The standard InChI is InChI=1S/C27H28N6O2S2/c1-18-15-23(19(2)32(18)17-20-7-6-13-28-16-20)26-25(24-8-4-5-14-29-24)30-27(36)33(26)22-11-9-21(10-12-22)31-37(3,34)35/h4-16,25-26,31H,17H2,1-3H3,(H,30,36)/t25-,26+/m0/s1. The lowest BCUT2D eigenvalue weighted by Crippen LogP contribution is -2.29. The predicted octanol–water partition coefficient (Wildman–Crippen LogP) is 4.49. The van der Waals surface area contributed by atoms with Gasteiger partial charge in [-0.05, 0) is 85.7 Å². The topological polar surface area (TPSA) is 92.2 Å². The molecule has 2 N–H and O–H groups in total. The molecular weight excluding hydrogens is 504 g/mol. The van der Waals surface area contributed by atoms with Gasteiger partial charge in [0, 0.05) is 47.9 Å². The largest absolute Gasteiger partial charge is 0.351 e. The van der Waals surface area contributed by atoms with Crippen molar-refractivity contribution in [1.29, 1.82) is 0 Å². The molecule has 5 rings (SSSR count). The van der Waals surface area contributed by atoms with Crippen LogP contribution in [0.1, 0.15) is 40.3 Å². The van der Waals surface area contributed by atoms with Gasteiger partial charge in [0.05, 0.1) is 24.0 Å². The molecule has 0 amide bonds. The summed E-state index contributed by atoms with van der Waals surface area (Å²) >= 11 is 5.85. The van der Waals surface area contributed by atoms with Crippen molar-refractivity contribution < 1.29 is 8.42 Å². The van der Waals surface area contributed by atoms with Crippen LogP contribution in [0.5, 0.6) is 0 Å². The first-order valence-corrected chi connectivity index (χ1v) is 14.2. The van der Waals surface area contributed by atoms with Crippen LogP contribution >= 0.6 is 12.2 Å². The van der Waals surface area contributed by atoms with Crippen LogP contribution in [0.25, 0.3) is 0 Å². The predicted molar refractivity (Wildman–Crippen MR) is 150 cm³/mol. The molecule has 190 valence electrons. The number of nitrogens with zero attached hydrogens (tertiary/aromatic N) is 4. The Morgan fingerprint density at radius 1 is 1.05 bits per heavy atom. The molecule has 10 heteroatoms. The summed E-state index contributed by atoms with van der Waals surface area (Å²) in [5.74, 6) is 0. The van der Waals surface area contributed by atoms with Crippen LogP contribution in [0.3, 0.4) is 0 Å². The fourth-order valence-corrected chi connectivity index (χ4v) is 5.81. The molecule has 2 atom stereocenters. The number of hydrogen-bond donors (Lipinski definition) is 2. The Labute approximate surface area is 222 Å². The van der Waals surface area contributed by atoms with Crippen LogP contribution in [-0.4, -0.2) is 34.3 Å². The summed E-state index contributed by atoms with van der Waals surface area (Å²) in [4.78, 5) is 11.0. The minimum absolute atomic E-state index is 0.162. The summed E-state index contributed by atoms with van der Waals surface area (Å²) in [6, 6.07) is 19.0. The Morgan fingerprint density at radius 2 is 1.84 bits per heavy atom. The van der Waals surface area contributed by atoms with Crippen LogP contribution in [0.4, 0.5) is 11.4 Å². The minimum atomic E-state index is -3.37. The number of nitrogens with one attached hydrogen (secondary N) is 2. The summed E-state index contributed by atoms with van der Waals surface area (Å²) in [6.07, 6.45) is 6.59. The van der Waals surface area contributed by atoms with E-state index in [0.717, 1.165) is 46.7 Å². The van der Waals surface area contributed by atoms with E-state index in [2.05, 4.69) is 55.5 Å². The summed E-state index contributed by atoms with van der Waals surface area (Å²) in [5, 5.41) is 4.07. The zero-order chi connectivity index (χ0) is 26.2. The third kappa shape index (κ3) is 5.21. The van der Waals surface area contributed by atoms with E-state index in [-0.39, 0.29) is 12.1 Å². The zero-order valence-corrected chi connectivity index (χ0v) is 22.4. The highest BCUT2D eigenvalue weighted by Gasteiger charge is 2.42. The number of thiocarbonyl (C=S) groups is 1. The van der Waals surface area contributed by atoms with Gasteiger partial charge in [-0.25, -0.2) is 8.42 Å². The molecule has 1 saturated heterocycles. The van der Waals surface area contributed by atoms with Gasteiger partial charge >= 0.3 is 0 Å². The van der Waals surface area contributed by atoms with E-state index in [9.17, 15) is 8.42 Å². The molecule has 0 spiro atoms. The van der Waals surface area contributed by atoms with Crippen molar-refractivity contribution in [3.63, 3.8) is 0 Å². The maximum Gasteiger partial charge on any atom is 0.229 e. The first-order valence-electron chi connectivity index (χ1n) is 11.9. The van der Waals surface area contributed by atoms with E-state index < -0.39 is 10.0 Å². The lowest BCUT2D eigenvalue weighted by molar-refractivity contribution is 0.563. The molecular formula is C27H28N6O2S2. The number of aryl methyl sites for hydroxylation is 1. The first kappa shape index (κ1) is 24.9. The summed E-state index contributed by atoms with van der Waals surface area (Å²) in [6.45, 7) is 4.96. The molecule has 3 aromatic heterocycles. The van der Waals surface area contributed by atoms with Crippen molar-refractivity contribution in [2.45, 2.75) is 32.5 Å². The SMILES string of the molecule is Cc1cc([C@@H]2[C@H](c3ccccn3)NC(=S)N2c2ccc(NS(C)(=O)=O)cc2)c(C)n1Cc1cccnc1. The fraction of sp³-hybridized carbons (Fsp3) is 0.222. The molecule has 0 unspecified atom stereocenters. The molecule has 1 aromatic carbocycles. The van der Waals surface area contributed by atoms with E-state index in [1.54, 1.807) is 24.5 Å². The zero-order valence-electron chi connectivity index (χ0n) is 20.8. The third-order valence-electron chi connectivity index (χ3n) is 6.54. The summed E-state index contributed by atoms with van der Waals surface area (Å²) < 4.78 is 28.1. The summed E-state index contributed by atoms with van der Waals surface area (Å²) in [5.41, 5.74) is 6.80. The van der Waals surface area contributed by atoms with Gasteiger partial charge in [0.1, 0.15) is 0 Å². The van der Waals surface area contributed by atoms with Crippen LogP contribution < -0.4 is 14.9 Å². The number of rotatable bonds is 7. The average molecular weight is 533 g/mol. The Morgan fingerprint density at radius 3 is 2.49 bits per heavy atom. The molecule has 8 nitrogen and oxygen atoms in total. The smallest absolute Gasteiger partial charge is 0.229 e. The molecule has 0 aliphatic carbocycles. The molecule has 1 fully saturated rings. The van der Waals surface area contributed by atoms with Gasteiger partial charge in [0.2, 0.25) is 10.0 Å². The maximum atomic E-state index is 11.7. The molecule has 0 bridgehead atoms. The number of hydrogen-bond acceptors (Lipinski definition) is 5. The molecule has 1 aliphatic heterocycles. The molecule has 0 saturated carbocycles. The lowest BCUT2D eigenvalue weighted by Gasteiger charge is -2.28. The highest BCUT2D eigenvalue weighted by atomic mass is 32.2. The second kappa shape index (κ2) is 9.95. The Hall–Kier alpha value is -3.76. The second-order valence-electron chi connectivity index (χ2n) is 9.19. The van der Waals surface area contributed by atoms with E-state index >= 15 is 0 Å². The van der Waals surface area contributed by atoms with Crippen molar-refractivity contribution in [2.75, 3.05) is 15.9 Å². The van der Waals surface area contributed by atoms with E-state index in [4.69, 9.17) is 12.2 Å². The Bertz CT molecular complexity index is 1520. The quantitative estimate of drug-likeness (QED) is 0.339. The van der Waals surface area contributed by atoms with Crippen molar-refractivity contribution in [3.05, 3.63) is 107 Å². The Balaban J connectivity index is 1.58. The normalized spacial score (nSPS) is 17.6. The number of anilines is 2. The highest BCUT2D eigenvalue weighted by molar-refractivity contribution is 7.92. The van der Waals surface area contributed by atoms with Crippen molar-refractivity contribution in [3.8, 4) is 0 Å². The molecule has 37 heavy (non-hydrogen) atoms. The van der Waals surface area contributed by atoms with Gasteiger partial charge in [0.15, 0.2) is 5.11 Å².